The van der Waals surface area contributed by atoms with Gasteiger partial charge in [-0.25, -0.2) is 4.98 Å². The Morgan fingerprint density at radius 1 is 0.939 bits per heavy atom. The molecule has 2 rings (SSSR count). The molecule has 1 aromatic heterocycles. The summed E-state index contributed by atoms with van der Waals surface area (Å²) in [7, 11) is 0. The molecule has 0 aliphatic carbocycles. The summed E-state index contributed by atoms with van der Waals surface area (Å²) in [4.78, 5) is 6.75. The first-order valence-corrected chi connectivity index (χ1v) is 12.1. The van der Waals surface area contributed by atoms with E-state index >= 15 is 0 Å². The number of benzene rings is 1. The lowest BCUT2D eigenvalue weighted by atomic mass is 10.1. The molecule has 2 aromatic rings. The van der Waals surface area contributed by atoms with Crippen molar-refractivity contribution in [3.05, 3.63) is 39.9 Å². The van der Waals surface area contributed by atoms with Gasteiger partial charge in [-0.05, 0) is 37.1 Å². The third kappa shape index (κ3) is 7.68. The molecule has 0 unspecified atom stereocenters. The molecule has 0 amide bonds. The smallest absolute Gasteiger partial charge is 0.232 e. The summed E-state index contributed by atoms with van der Waals surface area (Å²) < 4.78 is 0. The monoisotopic (exact) mass is 479 g/mol. The molecule has 0 fully saturated rings. The fourth-order valence-electron chi connectivity index (χ4n) is 3.15. The van der Waals surface area contributed by atoms with Crippen LogP contribution in [0.1, 0.15) is 57.2 Å². The number of nitriles is 3. The molecule has 0 aliphatic rings. The van der Waals surface area contributed by atoms with E-state index < -0.39 is 0 Å². The van der Waals surface area contributed by atoms with Crippen LogP contribution in [0.4, 0.5) is 16.5 Å². The molecule has 0 N–H and O–H groups in total. The van der Waals surface area contributed by atoms with E-state index in [0.29, 0.717) is 5.69 Å². The van der Waals surface area contributed by atoms with Gasteiger partial charge in [-0.1, -0.05) is 62.5 Å². The summed E-state index contributed by atoms with van der Waals surface area (Å²) in [6, 6.07) is 13.2. The van der Waals surface area contributed by atoms with Gasteiger partial charge in [-0.2, -0.15) is 15.8 Å². The number of azo groups is 1. The Bertz CT molecular complexity index is 1070. The number of thiazole rings is 1. The first-order chi connectivity index (χ1) is 16.1. The molecular weight excluding hydrogens is 454 g/mol. The number of hydrogen-bond donors (Lipinski definition) is 0. The van der Waals surface area contributed by atoms with E-state index in [-0.39, 0.29) is 26.3 Å². The van der Waals surface area contributed by atoms with Gasteiger partial charge in [0.25, 0.3) is 0 Å². The Labute approximate surface area is 204 Å². The van der Waals surface area contributed by atoms with E-state index in [1.807, 2.05) is 18.2 Å². The minimum Gasteiger partial charge on any atom is -0.372 e. The first kappa shape index (κ1) is 26.0. The molecule has 1 aromatic carbocycles. The summed E-state index contributed by atoms with van der Waals surface area (Å²) >= 11 is 7.11. The lowest BCUT2D eigenvalue weighted by molar-refractivity contribution is 0.636. The largest absolute Gasteiger partial charge is 0.372 e. The van der Waals surface area contributed by atoms with Crippen molar-refractivity contribution in [2.45, 2.75) is 52.4 Å². The van der Waals surface area contributed by atoms with Crippen LogP contribution in [0.3, 0.4) is 0 Å². The van der Waals surface area contributed by atoms with Crippen molar-refractivity contribution >= 4 is 45.0 Å². The molecule has 33 heavy (non-hydrogen) atoms. The average Bonchev–Trinajstić information content (AvgIpc) is 3.20. The molecule has 9 heteroatoms. The van der Waals surface area contributed by atoms with Crippen LogP contribution in [0.15, 0.2) is 40.1 Å². The van der Waals surface area contributed by atoms with E-state index in [1.54, 1.807) is 12.1 Å². The number of aromatic nitrogens is 1. The lowest BCUT2D eigenvalue weighted by Gasteiger charge is -2.25. The van der Waals surface area contributed by atoms with Crippen LogP contribution in [-0.4, -0.2) is 18.1 Å². The maximum Gasteiger partial charge on any atom is 0.232 e. The van der Waals surface area contributed by atoms with Gasteiger partial charge in [-0.15, -0.1) is 10.2 Å². The third-order valence-electron chi connectivity index (χ3n) is 4.92. The van der Waals surface area contributed by atoms with Crippen molar-refractivity contribution in [1.29, 1.82) is 15.8 Å². The first-order valence-electron chi connectivity index (χ1n) is 11.0. The fourth-order valence-corrected chi connectivity index (χ4v) is 4.27. The van der Waals surface area contributed by atoms with Gasteiger partial charge in [0.15, 0.2) is 5.15 Å². The highest BCUT2D eigenvalue weighted by Crippen LogP contribution is 2.36. The van der Waals surface area contributed by atoms with Gasteiger partial charge in [0.1, 0.15) is 29.4 Å². The van der Waals surface area contributed by atoms with Crippen LogP contribution < -0.4 is 4.90 Å². The van der Waals surface area contributed by atoms with Crippen molar-refractivity contribution < 1.29 is 0 Å². The summed E-state index contributed by atoms with van der Waals surface area (Å²) in [6.07, 6.45) is 7.20. The highest BCUT2D eigenvalue weighted by Gasteiger charge is 2.18. The second-order valence-corrected chi connectivity index (χ2v) is 8.65. The maximum atomic E-state index is 9.31. The number of allylic oxidation sites excluding steroid dienone is 2. The Morgan fingerprint density at radius 3 is 2.06 bits per heavy atom. The number of nitrogens with zero attached hydrogens (tertiary/aromatic N) is 7. The highest BCUT2D eigenvalue weighted by atomic mass is 35.5. The van der Waals surface area contributed by atoms with E-state index in [9.17, 15) is 5.26 Å². The predicted octanol–water partition coefficient (Wildman–Crippen LogP) is 7.72. The lowest BCUT2D eigenvalue weighted by Crippen LogP contribution is -2.25. The van der Waals surface area contributed by atoms with Crippen LogP contribution in [0.25, 0.3) is 5.57 Å². The van der Waals surface area contributed by atoms with Crippen LogP contribution in [-0.2, 0) is 0 Å². The molecule has 0 aliphatic heterocycles. The molecule has 0 spiro atoms. The topological polar surface area (TPSA) is 112 Å². The van der Waals surface area contributed by atoms with E-state index in [2.05, 4.69) is 46.1 Å². The van der Waals surface area contributed by atoms with Crippen LogP contribution in [0, 0.1) is 34.0 Å². The van der Waals surface area contributed by atoms with Crippen molar-refractivity contribution in [2.75, 3.05) is 18.0 Å². The van der Waals surface area contributed by atoms with Crippen LogP contribution in [0.2, 0.25) is 5.15 Å². The molecule has 0 saturated carbocycles. The minimum absolute atomic E-state index is 0.0126. The summed E-state index contributed by atoms with van der Waals surface area (Å²) in [5.41, 5.74) is 1.41. The zero-order valence-corrected chi connectivity index (χ0v) is 20.5. The molecule has 1 heterocycles. The van der Waals surface area contributed by atoms with Crippen LogP contribution >= 0.6 is 22.9 Å². The summed E-state index contributed by atoms with van der Waals surface area (Å²) in [5, 5.41) is 36.0. The molecule has 0 bridgehead atoms. The van der Waals surface area contributed by atoms with Crippen molar-refractivity contribution in [2.24, 2.45) is 10.2 Å². The van der Waals surface area contributed by atoms with Crippen molar-refractivity contribution in [3.63, 3.8) is 0 Å². The van der Waals surface area contributed by atoms with Gasteiger partial charge in [-0.3, -0.25) is 0 Å². The van der Waals surface area contributed by atoms with Gasteiger partial charge < -0.3 is 4.90 Å². The second-order valence-electron chi connectivity index (χ2n) is 7.32. The Hall–Kier alpha value is -3.25. The molecule has 7 nitrogen and oxygen atoms in total. The standard InChI is InChI=1S/C24H26ClN7S/c1-3-5-7-13-32(14-8-6-4-2)20-11-9-19(10-12-20)30-31-24-29-23(25)22(33-24)21(17-28)18(15-26)16-27/h9-12H,3-8,13-14H2,1-2H3. The van der Waals surface area contributed by atoms with Gasteiger partial charge >= 0.3 is 0 Å². The van der Waals surface area contributed by atoms with E-state index in [1.165, 1.54) is 44.2 Å². The Balaban J connectivity index is 2.16. The van der Waals surface area contributed by atoms with Gasteiger partial charge in [0.05, 0.1) is 10.6 Å². The average molecular weight is 480 g/mol. The number of unbranched alkanes of at least 4 members (excludes halogenated alkanes) is 4. The highest BCUT2D eigenvalue weighted by molar-refractivity contribution is 7.17. The van der Waals surface area contributed by atoms with Crippen molar-refractivity contribution in [3.8, 4) is 18.2 Å². The van der Waals surface area contributed by atoms with E-state index in [0.717, 1.165) is 24.4 Å². The molecule has 0 radical (unpaired) electrons. The Kier molecular flexibility index (Phi) is 11.0. The minimum atomic E-state index is -0.315. The second kappa shape index (κ2) is 14.0. The van der Waals surface area contributed by atoms with E-state index in [4.69, 9.17) is 22.1 Å². The number of rotatable bonds is 12. The van der Waals surface area contributed by atoms with Crippen LogP contribution in [0.5, 0.6) is 0 Å². The maximum absolute atomic E-state index is 9.31. The normalized spacial score (nSPS) is 10.4. The number of anilines is 1. The van der Waals surface area contributed by atoms with Crippen molar-refractivity contribution in [1.82, 2.24) is 4.98 Å². The summed E-state index contributed by atoms with van der Waals surface area (Å²) in [6.45, 7) is 6.51. The number of halogens is 1. The fraction of sp³-hybridized carbons (Fsp3) is 0.417. The zero-order valence-electron chi connectivity index (χ0n) is 18.9. The molecular formula is C24H26ClN7S. The Morgan fingerprint density at radius 2 is 1.55 bits per heavy atom. The zero-order chi connectivity index (χ0) is 24.1. The predicted molar refractivity (Wildman–Crippen MR) is 133 cm³/mol. The summed E-state index contributed by atoms with van der Waals surface area (Å²) in [5.74, 6) is 0. The molecule has 0 saturated heterocycles. The number of hydrogen-bond acceptors (Lipinski definition) is 8. The molecule has 0 atom stereocenters. The van der Waals surface area contributed by atoms with Gasteiger partial charge in [0.2, 0.25) is 5.13 Å². The van der Waals surface area contributed by atoms with Gasteiger partial charge in [0, 0.05) is 18.8 Å². The quantitative estimate of drug-likeness (QED) is 0.175. The third-order valence-corrected chi connectivity index (χ3v) is 6.26. The SMILES string of the molecule is CCCCCN(CCCCC)c1ccc(N=Nc2nc(Cl)c(C(C#N)=C(C#N)C#N)s2)cc1. The molecule has 170 valence electrons.